The number of hydrogen-bond acceptors (Lipinski definition) is 3. The summed E-state index contributed by atoms with van der Waals surface area (Å²) in [5.41, 5.74) is 6.65. The molecule has 0 aliphatic heterocycles. The molecule has 0 atom stereocenters. The summed E-state index contributed by atoms with van der Waals surface area (Å²) in [5, 5.41) is 7.01. The lowest BCUT2D eigenvalue weighted by atomic mass is 10.1. The van der Waals surface area contributed by atoms with E-state index in [2.05, 4.69) is 22.3 Å². The SMILES string of the molecule is NCC#Cc1ccccc1C(=O)NCCCn1cccn1. The number of aromatic nitrogens is 2. The molecule has 5 nitrogen and oxygen atoms in total. The summed E-state index contributed by atoms with van der Waals surface area (Å²) in [6, 6.07) is 9.15. The second-order valence-corrected chi connectivity index (χ2v) is 4.43. The minimum absolute atomic E-state index is 0.114. The Morgan fingerprint density at radius 1 is 1.33 bits per heavy atom. The van der Waals surface area contributed by atoms with Crippen molar-refractivity contribution in [3.8, 4) is 11.8 Å². The van der Waals surface area contributed by atoms with Gasteiger partial charge in [0.1, 0.15) is 0 Å². The van der Waals surface area contributed by atoms with Crippen LogP contribution in [0.1, 0.15) is 22.3 Å². The molecule has 108 valence electrons. The Labute approximate surface area is 124 Å². The number of benzene rings is 1. The lowest BCUT2D eigenvalue weighted by Gasteiger charge is -2.07. The highest BCUT2D eigenvalue weighted by Crippen LogP contribution is 2.07. The minimum atomic E-state index is -0.114. The monoisotopic (exact) mass is 282 g/mol. The zero-order valence-corrected chi connectivity index (χ0v) is 11.7. The van der Waals surface area contributed by atoms with Gasteiger partial charge in [-0.15, -0.1) is 0 Å². The van der Waals surface area contributed by atoms with E-state index in [1.807, 2.05) is 35.1 Å². The van der Waals surface area contributed by atoms with Gasteiger partial charge in [-0.25, -0.2) is 0 Å². The van der Waals surface area contributed by atoms with E-state index in [0.717, 1.165) is 13.0 Å². The summed E-state index contributed by atoms with van der Waals surface area (Å²) in [7, 11) is 0. The highest BCUT2D eigenvalue weighted by molar-refractivity contribution is 5.96. The highest BCUT2D eigenvalue weighted by atomic mass is 16.1. The van der Waals surface area contributed by atoms with Crippen molar-refractivity contribution < 1.29 is 4.79 Å². The fourth-order valence-corrected chi connectivity index (χ4v) is 1.91. The Balaban J connectivity index is 1.88. The topological polar surface area (TPSA) is 72.9 Å². The van der Waals surface area contributed by atoms with Crippen molar-refractivity contribution in [2.24, 2.45) is 5.73 Å². The van der Waals surface area contributed by atoms with Crippen LogP contribution < -0.4 is 11.1 Å². The van der Waals surface area contributed by atoms with Crippen LogP contribution in [0.2, 0.25) is 0 Å². The number of nitrogens with one attached hydrogen (secondary N) is 1. The smallest absolute Gasteiger partial charge is 0.252 e. The Morgan fingerprint density at radius 3 is 2.95 bits per heavy atom. The second kappa shape index (κ2) is 7.88. The molecule has 21 heavy (non-hydrogen) atoms. The van der Waals surface area contributed by atoms with E-state index in [1.54, 1.807) is 12.3 Å². The van der Waals surface area contributed by atoms with E-state index >= 15 is 0 Å². The fraction of sp³-hybridized carbons (Fsp3) is 0.250. The zero-order valence-electron chi connectivity index (χ0n) is 11.7. The van der Waals surface area contributed by atoms with Gasteiger partial charge in [0, 0.05) is 31.0 Å². The molecular formula is C16H18N4O. The van der Waals surface area contributed by atoms with Gasteiger partial charge in [-0.2, -0.15) is 5.10 Å². The number of nitrogens with two attached hydrogens (primary N) is 1. The third-order valence-electron chi connectivity index (χ3n) is 2.91. The average molecular weight is 282 g/mol. The molecule has 1 amide bonds. The van der Waals surface area contributed by atoms with Crippen molar-refractivity contribution in [1.82, 2.24) is 15.1 Å². The number of nitrogens with zero attached hydrogens (tertiary/aromatic N) is 2. The van der Waals surface area contributed by atoms with Crippen LogP contribution in [0.5, 0.6) is 0 Å². The first-order valence-corrected chi connectivity index (χ1v) is 6.85. The second-order valence-electron chi connectivity index (χ2n) is 4.43. The largest absolute Gasteiger partial charge is 0.352 e. The standard InChI is InChI=1S/C16H18N4O/c17-9-3-7-14-6-1-2-8-15(14)16(21)18-10-4-12-20-13-5-11-19-20/h1-2,5-6,8,11,13H,4,9-10,12,17H2,(H,18,21). The number of aryl methyl sites for hydroxylation is 1. The molecule has 0 bridgehead atoms. The summed E-state index contributed by atoms with van der Waals surface area (Å²) < 4.78 is 1.84. The van der Waals surface area contributed by atoms with Crippen molar-refractivity contribution >= 4 is 5.91 Å². The maximum atomic E-state index is 12.2. The Kier molecular flexibility index (Phi) is 5.56. The number of carbonyl (C=O) groups excluding carboxylic acids is 1. The van der Waals surface area contributed by atoms with Crippen LogP contribution >= 0.6 is 0 Å². The molecule has 1 aromatic heterocycles. The van der Waals surface area contributed by atoms with E-state index in [9.17, 15) is 4.79 Å². The lowest BCUT2D eigenvalue weighted by Crippen LogP contribution is -2.26. The summed E-state index contributed by atoms with van der Waals surface area (Å²) in [6.45, 7) is 1.65. The molecule has 2 rings (SSSR count). The van der Waals surface area contributed by atoms with Gasteiger partial charge in [-0.3, -0.25) is 9.48 Å². The minimum Gasteiger partial charge on any atom is -0.352 e. The third kappa shape index (κ3) is 4.48. The van der Waals surface area contributed by atoms with Gasteiger partial charge in [-0.05, 0) is 24.6 Å². The van der Waals surface area contributed by atoms with Crippen LogP contribution in [-0.4, -0.2) is 28.8 Å². The van der Waals surface area contributed by atoms with E-state index in [0.29, 0.717) is 17.7 Å². The number of carbonyl (C=O) groups is 1. The van der Waals surface area contributed by atoms with Crippen molar-refractivity contribution in [1.29, 1.82) is 0 Å². The van der Waals surface area contributed by atoms with Crippen LogP contribution in [0, 0.1) is 11.8 Å². The number of rotatable bonds is 5. The molecule has 0 radical (unpaired) electrons. The van der Waals surface area contributed by atoms with Gasteiger partial charge in [0.2, 0.25) is 0 Å². The van der Waals surface area contributed by atoms with Gasteiger partial charge < -0.3 is 11.1 Å². The molecule has 1 heterocycles. The van der Waals surface area contributed by atoms with E-state index in [4.69, 9.17) is 5.73 Å². The molecule has 0 aliphatic carbocycles. The van der Waals surface area contributed by atoms with Crippen molar-refractivity contribution in [3.63, 3.8) is 0 Å². The first kappa shape index (κ1) is 14.8. The maximum absolute atomic E-state index is 12.2. The van der Waals surface area contributed by atoms with Gasteiger partial charge in [0.05, 0.1) is 12.1 Å². The summed E-state index contributed by atoms with van der Waals surface area (Å²) >= 11 is 0. The van der Waals surface area contributed by atoms with Gasteiger partial charge in [-0.1, -0.05) is 24.0 Å². The van der Waals surface area contributed by atoms with Crippen molar-refractivity contribution in [2.75, 3.05) is 13.1 Å². The predicted octanol–water partition coefficient (Wildman–Crippen LogP) is 1.01. The Bertz CT molecular complexity index is 638. The summed E-state index contributed by atoms with van der Waals surface area (Å²) in [6.07, 6.45) is 4.47. The molecule has 0 saturated carbocycles. The van der Waals surface area contributed by atoms with Gasteiger partial charge in [0.15, 0.2) is 0 Å². The van der Waals surface area contributed by atoms with Crippen molar-refractivity contribution in [2.45, 2.75) is 13.0 Å². The van der Waals surface area contributed by atoms with Crippen LogP contribution in [0.3, 0.4) is 0 Å². The maximum Gasteiger partial charge on any atom is 0.252 e. The molecule has 5 heteroatoms. The molecule has 2 aromatic rings. The van der Waals surface area contributed by atoms with Crippen LogP contribution in [-0.2, 0) is 6.54 Å². The molecular weight excluding hydrogens is 264 g/mol. The number of hydrogen-bond donors (Lipinski definition) is 2. The Hall–Kier alpha value is -2.58. The molecule has 0 saturated heterocycles. The average Bonchev–Trinajstić information content (AvgIpc) is 3.03. The molecule has 0 spiro atoms. The normalized spacial score (nSPS) is 9.76. The number of amides is 1. The Morgan fingerprint density at radius 2 is 2.19 bits per heavy atom. The highest BCUT2D eigenvalue weighted by Gasteiger charge is 2.08. The third-order valence-corrected chi connectivity index (χ3v) is 2.91. The van der Waals surface area contributed by atoms with E-state index in [1.165, 1.54) is 0 Å². The molecule has 1 aromatic carbocycles. The van der Waals surface area contributed by atoms with Crippen LogP contribution in [0.15, 0.2) is 42.7 Å². The lowest BCUT2D eigenvalue weighted by molar-refractivity contribution is 0.0952. The molecule has 0 unspecified atom stereocenters. The van der Waals surface area contributed by atoms with Gasteiger partial charge in [0.25, 0.3) is 5.91 Å². The molecule has 0 aliphatic rings. The van der Waals surface area contributed by atoms with Crippen LogP contribution in [0.25, 0.3) is 0 Å². The summed E-state index contributed by atoms with van der Waals surface area (Å²) in [5.74, 6) is 5.57. The first-order chi connectivity index (χ1) is 10.3. The fourth-order valence-electron chi connectivity index (χ4n) is 1.91. The summed E-state index contributed by atoms with van der Waals surface area (Å²) in [4.78, 5) is 12.2. The van der Waals surface area contributed by atoms with E-state index < -0.39 is 0 Å². The van der Waals surface area contributed by atoms with Crippen molar-refractivity contribution in [3.05, 3.63) is 53.9 Å². The van der Waals surface area contributed by atoms with E-state index in [-0.39, 0.29) is 12.5 Å². The first-order valence-electron chi connectivity index (χ1n) is 6.85. The van der Waals surface area contributed by atoms with Crippen LogP contribution in [0.4, 0.5) is 0 Å². The molecule has 0 fully saturated rings. The quantitative estimate of drug-likeness (QED) is 0.635. The molecule has 3 N–H and O–H groups in total. The zero-order chi connectivity index (χ0) is 14.9. The predicted molar refractivity (Wildman–Crippen MR) is 81.6 cm³/mol. The van der Waals surface area contributed by atoms with Gasteiger partial charge >= 0.3 is 0 Å².